The van der Waals surface area contributed by atoms with Gasteiger partial charge in [-0.1, -0.05) is 63.0 Å². The van der Waals surface area contributed by atoms with E-state index in [2.05, 4.69) is 25.8 Å². The number of esters is 1. The average Bonchev–Trinajstić information content (AvgIpc) is 3.20. The van der Waals surface area contributed by atoms with E-state index in [4.69, 9.17) is 9.57 Å². The van der Waals surface area contributed by atoms with Gasteiger partial charge in [-0.15, -0.1) is 0 Å². The van der Waals surface area contributed by atoms with E-state index in [9.17, 15) is 14.7 Å². The van der Waals surface area contributed by atoms with Crippen LogP contribution in [0.2, 0.25) is 0 Å². The van der Waals surface area contributed by atoms with Gasteiger partial charge in [0, 0.05) is 10.9 Å². The van der Waals surface area contributed by atoms with Crippen molar-refractivity contribution in [3.63, 3.8) is 0 Å². The van der Waals surface area contributed by atoms with E-state index in [1.54, 1.807) is 12.1 Å². The van der Waals surface area contributed by atoms with Gasteiger partial charge in [0.1, 0.15) is 6.10 Å². The molecular weight excluding hydrogens is 466 g/mol. The van der Waals surface area contributed by atoms with Gasteiger partial charge < -0.3 is 19.4 Å². The number of carboxylic acids is 1. The maximum atomic E-state index is 12.4. The zero-order valence-corrected chi connectivity index (χ0v) is 18.9. The minimum absolute atomic E-state index is 0.00789. The molecular formula is C23H24BrNO6. The molecule has 0 saturated carbocycles. The Kier molecular flexibility index (Phi) is 7.46. The topological polar surface area (TPSA) is 94.4 Å². The summed E-state index contributed by atoms with van der Waals surface area (Å²) in [5, 5.41) is 14.1. The highest BCUT2D eigenvalue weighted by atomic mass is 79.9. The Bertz CT molecular complexity index is 957. The molecule has 0 aliphatic carbocycles. The quantitative estimate of drug-likeness (QED) is 0.518. The second-order valence-corrected chi connectivity index (χ2v) is 8.34. The Morgan fingerprint density at radius 3 is 2.48 bits per heavy atom. The van der Waals surface area contributed by atoms with E-state index in [0.29, 0.717) is 11.3 Å². The van der Waals surface area contributed by atoms with E-state index in [1.807, 2.05) is 43.3 Å². The third kappa shape index (κ3) is 5.51. The van der Waals surface area contributed by atoms with Crippen molar-refractivity contribution in [2.75, 3.05) is 7.11 Å². The van der Waals surface area contributed by atoms with Gasteiger partial charge in [-0.2, -0.15) is 0 Å². The smallest absolute Gasteiger partial charge is 0.354 e. The molecule has 0 bridgehead atoms. The van der Waals surface area contributed by atoms with Crippen LogP contribution in [0.15, 0.2) is 58.2 Å². The van der Waals surface area contributed by atoms with Crippen molar-refractivity contribution < 1.29 is 29.0 Å². The van der Waals surface area contributed by atoms with Gasteiger partial charge in [-0.3, -0.25) is 4.79 Å². The van der Waals surface area contributed by atoms with Gasteiger partial charge >= 0.3 is 11.9 Å². The molecule has 2 atom stereocenters. The number of oxime groups is 1. The fraction of sp³-hybridized carbons (Fsp3) is 0.348. The molecule has 1 aliphatic heterocycles. The Hall–Kier alpha value is -2.71. The van der Waals surface area contributed by atoms with Crippen molar-refractivity contribution in [1.29, 1.82) is 0 Å². The molecule has 164 valence electrons. The molecule has 0 saturated heterocycles. The molecule has 3 rings (SSSR count). The molecule has 1 heterocycles. The monoisotopic (exact) mass is 489 g/mol. The van der Waals surface area contributed by atoms with Crippen LogP contribution in [0.4, 0.5) is 0 Å². The van der Waals surface area contributed by atoms with Gasteiger partial charge in [0.15, 0.2) is 0 Å². The number of halogens is 1. The molecule has 0 amide bonds. The molecule has 2 aromatic carbocycles. The van der Waals surface area contributed by atoms with Crippen molar-refractivity contribution in [3.8, 4) is 0 Å². The van der Waals surface area contributed by atoms with Crippen molar-refractivity contribution in [2.24, 2.45) is 5.16 Å². The van der Waals surface area contributed by atoms with Gasteiger partial charge in [0.2, 0.25) is 0 Å². The number of hydrogen-bond acceptors (Lipinski definition) is 6. The predicted octanol–water partition coefficient (Wildman–Crippen LogP) is 4.57. The van der Waals surface area contributed by atoms with Crippen LogP contribution in [0.1, 0.15) is 42.1 Å². The van der Waals surface area contributed by atoms with Crippen molar-refractivity contribution in [1.82, 2.24) is 0 Å². The number of nitrogens with zero attached hydrogens (tertiary/aromatic N) is 1. The zero-order chi connectivity index (χ0) is 22.4. The predicted molar refractivity (Wildman–Crippen MR) is 118 cm³/mol. The van der Waals surface area contributed by atoms with Crippen LogP contribution in [-0.4, -0.2) is 35.5 Å². The lowest BCUT2D eigenvalue weighted by Gasteiger charge is -2.31. The number of benzene rings is 2. The minimum atomic E-state index is -1.73. The molecule has 8 heteroatoms. The molecule has 0 spiro atoms. The Labute approximate surface area is 189 Å². The molecule has 0 radical (unpaired) electrons. The summed E-state index contributed by atoms with van der Waals surface area (Å²) in [6, 6.07) is 15.1. The first-order valence-corrected chi connectivity index (χ1v) is 10.6. The molecule has 0 fully saturated rings. The van der Waals surface area contributed by atoms with Gasteiger partial charge in [0.25, 0.3) is 5.60 Å². The Balaban J connectivity index is 1.86. The minimum Gasteiger partial charge on any atom is -0.478 e. The summed E-state index contributed by atoms with van der Waals surface area (Å²) in [5.41, 5.74) is 1.44. The van der Waals surface area contributed by atoms with Gasteiger partial charge in [-0.05, 0) is 36.6 Å². The summed E-state index contributed by atoms with van der Waals surface area (Å²) in [6.45, 7) is 2.20. The summed E-state index contributed by atoms with van der Waals surface area (Å²) in [7, 11) is 1.30. The zero-order valence-electron chi connectivity index (χ0n) is 17.3. The maximum Gasteiger partial charge on any atom is 0.354 e. The van der Waals surface area contributed by atoms with Crippen LogP contribution in [0.25, 0.3) is 0 Å². The number of aliphatic carboxylic acids is 1. The van der Waals surface area contributed by atoms with E-state index in [-0.39, 0.29) is 25.9 Å². The first kappa shape index (κ1) is 23.0. The molecule has 1 aliphatic rings. The standard InChI is InChI=1S/C23H24BrNO6/c1-15-3-5-16(6-4-15)14-30-21(17-7-9-18(24)10-8-17)23(22(27)28)13-19(25-31-23)11-12-20(26)29-2/h3-10,21H,11-14H2,1-2H3,(H,27,28). The number of carboxylic acid groups (broad SMARTS) is 1. The molecule has 2 unspecified atom stereocenters. The number of methoxy groups -OCH3 is 1. The highest BCUT2D eigenvalue weighted by Crippen LogP contribution is 2.41. The number of rotatable bonds is 9. The third-order valence-electron chi connectivity index (χ3n) is 5.15. The van der Waals surface area contributed by atoms with E-state index in [0.717, 1.165) is 15.6 Å². The van der Waals surface area contributed by atoms with Crippen molar-refractivity contribution in [3.05, 3.63) is 69.7 Å². The summed E-state index contributed by atoms with van der Waals surface area (Å²) in [6.07, 6.45) is -0.554. The molecule has 31 heavy (non-hydrogen) atoms. The number of hydrogen-bond donors (Lipinski definition) is 1. The summed E-state index contributed by atoms with van der Waals surface area (Å²) >= 11 is 3.40. The number of aryl methyl sites for hydroxylation is 1. The lowest BCUT2D eigenvalue weighted by molar-refractivity contribution is -0.187. The molecule has 2 aromatic rings. The van der Waals surface area contributed by atoms with Crippen LogP contribution in [0.3, 0.4) is 0 Å². The summed E-state index contributed by atoms with van der Waals surface area (Å²) in [5.74, 6) is -1.57. The first-order chi connectivity index (χ1) is 14.8. The van der Waals surface area contributed by atoms with E-state index < -0.39 is 23.6 Å². The highest BCUT2D eigenvalue weighted by molar-refractivity contribution is 9.10. The summed E-state index contributed by atoms with van der Waals surface area (Å²) in [4.78, 5) is 29.4. The lowest BCUT2D eigenvalue weighted by atomic mass is 9.85. The maximum absolute atomic E-state index is 12.4. The number of carbonyl (C=O) groups excluding carboxylic acids is 1. The molecule has 7 nitrogen and oxygen atoms in total. The lowest BCUT2D eigenvalue weighted by Crippen LogP contribution is -2.46. The fourth-order valence-electron chi connectivity index (χ4n) is 3.37. The largest absolute Gasteiger partial charge is 0.478 e. The van der Waals surface area contributed by atoms with Crippen LogP contribution in [0, 0.1) is 6.92 Å². The van der Waals surface area contributed by atoms with Crippen LogP contribution < -0.4 is 0 Å². The molecule has 0 aromatic heterocycles. The SMILES string of the molecule is COC(=O)CCC1=NOC(C(=O)O)(C(OCc2ccc(C)cc2)c2ccc(Br)cc2)C1. The van der Waals surface area contributed by atoms with E-state index >= 15 is 0 Å². The molecule has 1 N–H and O–H groups in total. The fourth-order valence-corrected chi connectivity index (χ4v) is 3.63. The second kappa shape index (κ2) is 10.1. The van der Waals surface area contributed by atoms with Gasteiger partial charge in [0.05, 0.1) is 25.8 Å². The van der Waals surface area contributed by atoms with Crippen molar-refractivity contribution >= 4 is 33.6 Å². The normalized spacial score (nSPS) is 18.7. The third-order valence-corrected chi connectivity index (χ3v) is 5.67. The number of ether oxygens (including phenoxy) is 2. The van der Waals surface area contributed by atoms with Crippen LogP contribution in [-0.2, 0) is 30.5 Å². The number of carbonyl (C=O) groups is 2. The Morgan fingerprint density at radius 1 is 1.19 bits per heavy atom. The summed E-state index contributed by atoms with van der Waals surface area (Å²) < 4.78 is 11.7. The highest BCUT2D eigenvalue weighted by Gasteiger charge is 2.54. The van der Waals surface area contributed by atoms with Crippen molar-refractivity contribution in [2.45, 2.75) is 44.5 Å². The van der Waals surface area contributed by atoms with Crippen LogP contribution >= 0.6 is 15.9 Å². The first-order valence-electron chi connectivity index (χ1n) is 9.81. The van der Waals surface area contributed by atoms with E-state index in [1.165, 1.54) is 7.11 Å². The van der Waals surface area contributed by atoms with Crippen LogP contribution in [0.5, 0.6) is 0 Å². The average molecular weight is 490 g/mol. The Morgan fingerprint density at radius 2 is 1.87 bits per heavy atom. The second-order valence-electron chi connectivity index (χ2n) is 7.42. The van der Waals surface area contributed by atoms with Gasteiger partial charge in [-0.25, -0.2) is 4.79 Å².